The van der Waals surface area contributed by atoms with E-state index in [-0.39, 0.29) is 29.9 Å². The van der Waals surface area contributed by atoms with Gasteiger partial charge in [-0.3, -0.25) is 14.7 Å². The van der Waals surface area contributed by atoms with Crippen LogP contribution in [0.4, 0.5) is 0 Å². The number of amides is 1. The van der Waals surface area contributed by atoms with E-state index in [1.165, 1.54) is 0 Å². The van der Waals surface area contributed by atoms with Gasteiger partial charge in [0, 0.05) is 65.9 Å². The third-order valence-electron chi connectivity index (χ3n) is 4.42. The second kappa shape index (κ2) is 14.6. The first-order valence-electron chi connectivity index (χ1n) is 9.79. The molecule has 0 bridgehead atoms. The molecule has 2 rings (SSSR count). The predicted octanol–water partition coefficient (Wildman–Crippen LogP) is 1.52. The van der Waals surface area contributed by atoms with Crippen LogP contribution in [-0.4, -0.2) is 80.6 Å². The molecule has 28 heavy (non-hydrogen) atoms. The molecule has 0 unspecified atom stereocenters. The molecule has 1 amide bonds. The van der Waals surface area contributed by atoms with Crippen molar-refractivity contribution in [2.24, 2.45) is 4.99 Å². The van der Waals surface area contributed by atoms with Crippen molar-refractivity contribution in [2.75, 3.05) is 59.0 Å². The molecule has 1 saturated heterocycles. The van der Waals surface area contributed by atoms with Crippen LogP contribution in [-0.2, 0) is 16.1 Å². The molecule has 9 heteroatoms. The van der Waals surface area contributed by atoms with Crippen LogP contribution in [0.2, 0.25) is 0 Å². The largest absolute Gasteiger partial charge is 0.467 e. The Morgan fingerprint density at radius 1 is 1.29 bits per heavy atom. The molecule has 2 N–H and O–H groups in total. The van der Waals surface area contributed by atoms with Crippen LogP contribution in [0.25, 0.3) is 0 Å². The molecule has 0 aliphatic carbocycles. The van der Waals surface area contributed by atoms with Crippen molar-refractivity contribution in [2.45, 2.75) is 26.9 Å². The van der Waals surface area contributed by atoms with Crippen LogP contribution in [0.5, 0.6) is 0 Å². The number of rotatable bonds is 10. The number of guanidine groups is 1. The predicted molar refractivity (Wildman–Crippen MR) is 121 cm³/mol. The van der Waals surface area contributed by atoms with Gasteiger partial charge >= 0.3 is 0 Å². The summed E-state index contributed by atoms with van der Waals surface area (Å²) in [6.45, 7) is 11.7. The molecule has 160 valence electrons. The fourth-order valence-corrected chi connectivity index (χ4v) is 2.89. The zero-order valence-corrected chi connectivity index (χ0v) is 19.3. The molecule has 1 fully saturated rings. The number of carbonyl (C=O) groups is 1. The zero-order valence-electron chi connectivity index (χ0n) is 17.0. The molecule has 1 aromatic heterocycles. The van der Waals surface area contributed by atoms with E-state index < -0.39 is 0 Å². The van der Waals surface area contributed by atoms with Crippen molar-refractivity contribution in [1.82, 2.24) is 20.4 Å². The lowest BCUT2D eigenvalue weighted by Gasteiger charge is -2.34. The lowest BCUT2D eigenvalue weighted by atomic mass is 10.3. The minimum Gasteiger partial charge on any atom is -0.467 e. The SMILES string of the molecule is CCNC(=NCCCOCc1ccco1)NCCN1CCN(C(C)=O)CC1.I. The van der Waals surface area contributed by atoms with Crippen LogP contribution in [0.3, 0.4) is 0 Å². The van der Waals surface area contributed by atoms with E-state index in [0.717, 1.165) is 64.0 Å². The van der Waals surface area contributed by atoms with E-state index >= 15 is 0 Å². The van der Waals surface area contributed by atoms with Gasteiger partial charge in [-0.25, -0.2) is 0 Å². The maximum atomic E-state index is 11.4. The third-order valence-corrected chi connectivity index (χ3v) is 4.42. The highest BCUT2D eigenvalue weighted by atomic mass is 127. The second-order valence-electron chi connectivity index (χ2n) is 6.52. The molecule has 0 aromatic carbocycles. The first-order valence-corrected chi connectivity index (χ1v) is 9.79. The van der Waals surface area contributed by atoms with Gasteiger partial charge in [-0.05, 0) is 25.5 Å². The highest BCUT2D eigenvalue weighted by Gasteiger charge is 2.17. The topological polar surface area (TPSA) is 82.3 Å². The maximum absolute atomic E-state index is 11.4. The first kappa shape index (κ1) is 24.7. The number of ether oxygens (including phenoxy) is 1. The molecule has 1 aliphatic heterocycles. The average molecular weight is 507 g/mol. The van der Waals surface area contributed by atoms with Gasteiger partial charge in [-0.2, -0.15) is 0 Å². The Bertz CT molecular complexity index is 560. The number of furan rings is 1. The van der Waals surface area contributed by atoms with Gasteiger partial charge in [0.15, 0.2) is 5.96 Å². The Kier molecular flexibility index (Phi) is 12.9. The molecule has 1 aliphatic rings. The van der Waals surface area contributed by atoms with Gasteiger partial charge < -0.3 is 24.7 Å². The number of aliphatic imine (C=N–C) groups is 1. The summed E-state index contributed by atoms with van der Waals surface area (Å²) in [6.07, 6.45) is 2.52. The van der Waals surface area contributed by atoms with Gasteiger partial charge in [0.1, 0.15) is 12.4 Å². The molecule has 0 spiro atoms. The Balaban J connectivity index is 0.00000392. The minimum atomic E-state index is 0. The second-order valence-corrected chi connectivity index (χ2v) is 6.52. The number of nitrogens with one attached hydrogen (secondary N) is 2. The van der Waals surface area contributed by atoms with Crippen molar-refractivity contribution in [3.8, 4) is 0 Å². The standard InChI is InChI=1S/C19H33N5O3.HI/c1-3-20-19(21-7-5-14-26-16-18-6-4-15-27-18)22-8-9-23-10-12-24(13-11-23)17(2)25;/h4,6,15H,3,5,7-14,16H2,1-2H3,(H2,20,21,22);1H. The van der Waals surface area contributed by atoms with Crippen molar-refractivity contribution in [3.05, 3.63) is 24.2 Å². The van der Waals surface area contributed by atoms with E-state index in [9.17, 15) is 4.79 Å². The van der Waals surface area contributed by atoms with E-state index in [2.05, 4.69) is 27.4 Å². The van der Waals surface area contributed by atoms with Crippen LogP contribution in [0.1, 0.15) is 26.0 Å². The first-order chi connectivity index (χ1) is 13.2. The third kappa shape index (κ3) is 9.74. The fraction of sp³-hybridized carbons (Fsp3) is 0.684. The Morgan fingerprint density at radius 3 is 2.71 bits per heavy atom. The van der Waals surface area contributed by atoms with Crippen molar-refractivity contribution in [3.63, 3.8) is 0 Å². The molecule has 0 saturated carbocycles. The van der Waals surface area contributed by atoms with Crippen LogP contribution in [0.15, 0.2) is 27.8 Å². The van der Waals surface area contributed by atoms with Crippen molar-refractivity contribution in [1.29, 1.82) is 0 Å². The lowest BCUT2D eigenvalue weighted by Crippen LogP contribution is -2.50. The summed E-state index contributed by atoms with van der Waals surface area (Å²) in [4.78, 5) is 20.2. The van der Waals surface area contributed by atoms with Gasteiger partial charge in [-0.15, -0.1) is 24.0 Å². The number of hydrogen-bond donors (Lipinski definition) is 2. The number of halogens is 1. The number of piperazine rings is 1. The zero-order chi connectivity index (χ0) is 19.3. The number of hydrogen-bond acceptors (Lipinski definition) is 5. The summed E-state index contributed by atoms with van der Waals surface area (Å²) in [5, 5.41) is 6.64. The van der Waals surface area contributed by atoms with Gasteiger partial charge in [-0.1, -0.05) is 0 Å². The average Bonchev–Trinajstić information content (AvgIpc) is 3.18. The van der Waals surface area contributed by atoms with Crippen molar-refractivity contribution >= 4 is 35.8 Å². The highest BCUT2D eigenvalue weighted by molar-refractivity contribution is 14.0. The van der Waals surface area contributed by atoms with Gasteiger partial charge in [0.05, 0.1) is 6.26 Å². The molecule has 2 heterocycles. The maximum Gasteiger partial charge on any atom is 0.219 e. The Labute approximate surface area is 185 Å². The van der Waals surface area contributed by atoms with Crippen molar-refractivity contribution < 1.29 is 13.9 Å². The van der Waals surface area contributed by atoms with Crippen LogP contribution < -0.4 is 10.6 Å². The number of carbonyl (C=O) groups excluding carboxylic acids is 1. The molecule has 1 aromatic rings. The summed E-state index contributed by atoms with van der Waals surface area (Å²) in [5.41, 5.74) is 0. The smallest absolute Gasteiger partial charge is 0.219 e. The fourth-order valence-electron chi connectivity index (χ4n) is 2.89. The Hall–Kier alpha value is -1.33. The minimum absolute atomic E-state index is 0. The summed E-state index contributed by atoms with van der Waals surface area (Å²) < 4.78 is 10.8. The molecule has 0 atom stereocenters. The van der Waals surface area contributed by atoms with E-state index in [4.69, 9.17) is 9.15 Å². The Morgan fingerprint density at radius 2 is 2.07 bits per heavy atom. The van der Waals surface area contributed by atoms with E-state index in [0.29, 0.717) is 19.8 Å². The summed E-state index contributed by atoms with van der Waals surface area (Å²) in [6, 6.07) is 3.77. The summed E-state index contributed by atoms with van der Waals surface area (Å²) in [5.74, 6) is 1.85. The quantitative estimate of drug-likeness (QED) is 0.216. The molecule has 0 radical (unpaired) electrons. The van der Waals surface area contributed by atoms with Crippen LogP contribution in [0, 0.1) is 0 Å². The molecular formula is C19H34IN5O3. The van der Waals surface area contributed by atoms with Gasteiger partial charge in [0.2, 0.25) is 5.91 Å². The van der Waals surface area contributed by atoms with E-state index in [1.807, 2.05) is 17.0 Å². The van der Waals surface area contributed by atoms with E-state index in [1.54, 1.807) is 13.2 Å². The normalized spacial score (nSPS) is 15.2. The summed E-state index contributed by atoms with van der Waals surface area (Å²) >= 11 is 0. The highest BCUT2D eigenvalue weighted by Crippen LogP contribution is 2.02. The summed E-state index contributed by atoms with van der Waals surface area (Å²) in [7, 11) is 0. The monoisotopic (exact) mass is 507 g/mol. The number of nitrogens with zero attached hydrogens (tertiary/aromatic N) is 3. The molecule has 8 nitrogen and oxygen atoms in total. The van der Waals surface area contributed by atoms with Crippen LogP contribution >= 0.6 is 24.0 Å². The molecular weight excluding hydrogens is 473 g/mol. The van der Waals surface area contributed by atoms with Gasteiger partial charge in [0.25, 0.3) is 0 Å². The lowest BCUT2D eigenvalue weighted by molar-refractivity contribution is -0.130.